The van der Waals surface area contributed by atoms with Gasteiger partial charge in [-0.05, 0) is 40.5 Å². The van der Waals surface area contributed by atoms with Gasteiger partial charge in [-0.25, -0.2) is 4.98 Å². The third kappa shape index (κ3) is 1.72. The summed E-state index contributed by atoms with van der Waals surface area (Å²) in [6.45, 7) is 2.12. The van der Waals surface area contributed by atoms with Crippen molar-refractivity contribution in [3.8, 4) is 11.3 Å². The summed E-state index contributed by atoms with van der Waals surface area (Å²) in [7, 11) is 0. The lowest BCUT2D eigenvalue weighted by Gasteiger charge is -1.99. The molecule has 0 amide bonds. The van der Waals surface area contributed by atoms with Crippen LogP contribution in [0.1, 0.15) is 5.56 Å². The Kier molecular flexibility index (Phi) is 2.69. The number of rotatable bonds is 1. The van der Waals surface area contributed by atoms with Crippen LogP contribution in [0.15, 0.2) is 53.1 Å². The molecule has 4 aromatic rings. The Bertz CT molecular complexity index is 922. The van der Waals surface area contributed by atoms with Gasteiger partial charge in [-0.3, -0.25) is 4.40 Å². The molecule has 2 heterocycles. The third-order valence-electron chi connectivity index (χ3n) is 3.40. The molecule has 0 N–H and O–H groups in total. The molecular formula is C16H11BrN2S. The summed E-state index contributed by atoms with van der Waals surface area (Å²) >= 11 is 5.44. The Morgan fingerprint density at radius 3 is 2.70 bits per heavy atom. The molecule has 4 rings (SSSR count). The van der Waals surface area contributed by atoms with Crippen LogP contribution in [0.3, 0.4) is 0 Å². The highest BCUT2D eigenvalue weighted by Gasteiger charge is 2.15. The molecule has 0 radical (unpaired) electrons. The van der Waals surface area contributed by atoms with Gasteiger partial charge in [0.2, 0.25) is 0 Å². The van der Waals surface area contributed by atoms with Gasteiger partial charge in [0.15, 0.2) is 4.96 Å². The Labute approximate surface area is 128 Å². The fourth-order valence-corrected chi connectivity index (χ4v) is 4.34. The summed E-state index contributed by atoms with van der Waals surface area (Å²) in [5, 5.41) is 0. The number of imidazole rings is 1. The van der Waals surface area contributed by atoms with Gasteiger partial charge < -0.3 is 0 Å². The molecule has 98 valence electrons. The molecule has 0 bridgehead atoms. The fourth-order valence-electron chi connectivity index (χ4n) is 2.42. The van der Waals surface area contributed by atoms with Crippen LogP contribution in [-0.4, -0.2) is 9.38 Å². The summed E-state index contributed by atoms with van der Waals surface area (Å²) in [5.41, 5.74) is 4.62. The van der Waals surface area contributed by atoms with Crippen LogP contribution >= 0.6 is 27.3 Å². The zero-order chi connectivity index (χ0) is 13.7. The van der Waals surface area contributed by atoms with E-state index in [1.807, 2.05) is 18.2 Å². The molecule has 2 aromatic heterocycles. The summed E-state index contributed by atoms with van der Waals surface area (Å²) < 4.78 is 4.48. The summed E-state index contributed by atoms with van der Waals surface area (Å²) in [4.78, 5) is 5.81. The number of nitrogens with zero attached hydrogens (tertiary/aromatic N) is 2. The molecule has 0 saturated heterocycles. The molecular weight excluding hydrogens is 332 g/mol. The van der Waals surface area contributed by atoms with E-state index in [4.69, 9.17) is 4.98 Å². The minimum atomic E-state index is 0.999. The maximum absolute atomic E-state index is 4.78. The summed E-state index contributed by atoms with van der Waals surface area (Å²) in [6.07, 6.45) is 0. The molecule has 0 aliphatic carbocycles. The average molecular weight is 343 g/mol. The van der Waals surface area contributed by atoms with Crippen LogP contribution in [0.4, 0.5) is 0 Å². The molecule has 4 heteroatoms. The van der Waals surface area contributed by atoms with Gasteiger partial charge in [0.1, 0.15) is 10.3 Å². The van der Waals surface area contributed by atoms with Crippen molar-refractivity contribution in [1.29, 1.82) is 0 Å². The maximum Gasteiger partial charge on any atom is 0.196 e. The van der Waals surface area contributed by atoms with Crippen molar-refractivity contribution in [2.24, 2.45) is 0 Å². The van der Waals surface area contributed by atoms with Crippen LogP contribution in [0.2, 0.25) is 0 Å². The molecule has 0 unspecified atom stereocenters. The quantitative estimate of drug-likeness (QED) is 0.459. The van der Waals surface area contributed by atoms with Crippen LogP contribution < -0.4 is 0 Å². The van der Waals surface area contributed by atoms with Crippen molar-refractivity contribution in [2.75, 3.05) is 0 Å². The standard InChI is InChI=1S/C16H11BrN2S/c1-10-7-8-12-13(9-10)20-16-18-14(15(17)19(12)16)11-5-3-2-4-6-11/h2-9H,1H3. The first-order chi connectivity index (χ1) is 9.74. The number of thiazole rings is 1. The topological polar surface area (TPSA) is 17.3 Å². The van der Waals surface area contributed by atoms with E-state index in [2.05, 4.69) is 57.6 Å². The van der Waals surface area contributed by atoms with E-state index in [1.54, 1.807) is 11.3 Å². The highest BCUT2D eigenvalue weighted by molar-refractivity contribution is 9.10. The second-order valence-corrected chi connectivity index (χ2v) is 6.57. The maximum atomic E-state index is 4.78. The molecule has 2 nitrogen and oxygen atoms in total. The van der Waals surface area contributed by atoms with Gasteiger partial charge in [-0.1, -0.05) is 47.7 Å². The highest BCUT2D eigenvalue weighted by Crippen LogP contribution is 2.35. The first kappa shape index (κ1) is 12.1. The lowest BCUT2D eigenvalue weighted by Crippen LogP contribution is -1.82. The Hall–Kier alpha value is -1.65. The van der Waals surface area contributed by atoms with E-state index < -0.39 is 0 Å². The number of aryl methyl sites for hydroxylation is 1. The second-order valence-electron chi connectivity index (χ2n) is 4.81. The van der Waals surface area contributed by atoms with Crippen LogP contribution in [-0.2, 0) is 0 Å². The van der Waals surface area contributed by atoms with E-state index in [0.29, 0.717) is 0 Å². The van der Waals surface area contributed by atoms with E-state index >= 15 is 0 Å². The second kappa shape index (κ2) is 4.43. The third-order valence-corrected chi connectivity index (χ3v) is 5.13. The molecule has 20 heavy (non-hydrogen) atoms. The lowest BCUT2D eigenvalue weighted by atomic mass is 10.2. The molecule has 0 aliphatic rings. The minimum absolute atomic E-state index is 0.999. The van der Waals surface area contributed by atoms with Gasteiger partial charge in [-0.2, -0.15) is 0 Å². The van der Waals surface area contributed by atoms with Gasteiger partial charge in [0.05, 0.1) is 10.2 Å². The van der Waals surface area contributed by atoms with Crippen molar-refractivity contribution in [3.63, 3.8) is 0 Å². The molecule has 0 saturated carbocycles. The van der Waals surface area contributed by atoms with Crippen LogP contribution in [0, 0.1) is 6.92 Å². The zero-order valence-corrected chi connectivity index (χ0v) is 13.2. The average Bonchev–Trinajstić information content (AvgIpc) is 2.96. The van der Waals surface area contributed by atoms with Crippen molar-refractivity contribution in [3.05, 3.63) is 58.7 Å². The van der Waals surface area contributed by atoms with Crippen molar-refractivity contribution in [2.45, 2.75) is 6.92 Å². The monoisotopic (exact) mass is 342 g/mol. The normalized spacial score (nSPS) is 11.5. The Morgan fingerprint density at radius 1 is 1.10 bits per heavy atom. The SMILES string of the molecule is Cc1ccc2c(c1)sc1nc(-c3ccccc3)c(Br)n12. The van der Waals surface area contributed by atoms with E-state index in [-0.39, 0.29) is 0 Å². The fraction of sp³-hybridized carbons (Fsp3) is 0.0625. The number of hydrogen-bond acceptors (Lipinski definition) is 2. The van der Waals surface area contributed by atoms with Gasteiger partial charge in [0.25, 0.3) is 0 Å². The Balaban J connectivity index is 2.05. The van der Waals surface area contributed by atoms with Gasteiger partial charge >= 0.3 is 0 Å². The predicted octanol–water partition coefficient (Wildman–Crippen LogP) is 5.29. The smallest absolute Gasteiger partial charge is 0.196 e. The Morgan fingerprint density at radius 2 is 1.90 bits per heavy atom. The highest BCUT2D eigenvalue weighted by atomic mass is 79.9. The first-order valence-corrected chi connectivity index (χ1v) is 7.97. The van der Waals surface area contributed by atoms with Crippen molar-refractivity contribution >= 4 is 42.4 Å². The molecule has 2 aromatic carbocycles. The lowest BCUT2D eigenvalue weighted by molar-refractivity contribution is 1.25. The van der Waals surface area contributed by atoms with Crippen LogP contribution in [0.5, 0.6) is 0 Å². The number of fused-ring (bicyclic) bond motifs is 3. The van der Waals surface area contributed by atoms with Crippen molar-refractivity contribution in [1.82, 2.24) is 9.38 Å². The summed E-state index contributed by atoms with van der Waals surface area (Å²) in [6, 6.07) is 16.8. The van der Waals surface area contributed by atoms with E-state index in [9.17, 15) is 0 Å². The molecule has 0 atom stereocenters. The molecule has 0 fully saturated rings. The van der Waals surface area contributed by atoms with Gasteiger partial charge in [-0.15, -0.1) is 0 Å². The predicted molar refractivity (Wildman–Crippen MR) is 88.4 cm³/mol. The number of aromatic nitrogens is 2. The number of benzene rings is 2. The first-order valence-electron chi connectivity index (χ1n) is 6.36. The number of hydrogen-bond donors (Lipinski definition) is 0. The van der Waals surface area contributed by atoms with Crippen molar-refractivity contribution < 1.29 is 0 Å². The summed E-state index contributed by atoms with van der Waals surface area (Å²) in [5.74, 6) is 0. The van der Waals surface area contributed by atoms with Crippen LogP contribution in [0.25, 0.3) is 26.4 Å². The number of halogens is 1. The largest absolute Gasteiger partial charge is 0.277 e. The molecule has 0 spiro atoms. The van der Waals surface area contributed by atoms with Gasteiger partial charge in [0, 0.05) is 5.56 Å². The molecule has 0 aliphatic heterocycles. The van der Waals surface area contributed by atoms with E-state index in [0.717, 1.165) is 20.8 Å². The van der Waals surface area contributed by atoms with E-state index in [1.165, 1.54) is 15.8 Å². The zero-order valence-electron chi connectivity index (χ0n) is 10.8. The minimum Gasteiger partial charge on any atom is -0.277 e.